The lowest BCUT2D eigenvalue weighted by Gasteiger charge is -2.24. The number of hydrogen-bond donors (Lipinski definition) is 7. The predicted molar refractivity (Wildman–Crippen MR) is 159 cm³/mol. The summed E-state index contributed by atoms with van der Waals surface area (Å²) in [5.41, 5.74) is 7.44. The molecule has 0 unspecified atom stereocenters. The van der Waals surface area contributed by atoms with Gasteiger partial charge in [0.25, 0.3) is 0 Å². The quantitative estimate of drug-likeness (QED) is 0.138. The Morgan fingerprint density at radius 3 is 2.14 bits per heavy atom. The van der Waals surface area contributed by atoms with Crippen LogP contribution in [0, 0.1) is 5.92 Å². The molecule has 2 aromatic rings. The van der Waals surface area contributed by atoms with E-state index in [1.165, 1.54) is 19.2 Å². The molecule has 0 spiro atoms. The van der Waals surface area contributed by atoms with Gasteiger partial charge < -0.3 is 46.5 Å². The van der Waals surface area contributed by atoms with Crippen molar-refractivity contribution in [2.75, 3.05) is 7.11 Å². The normalized spacial score (nSPS) is 21.6. The number of phenols is 1. The molecule has 1 saturated heterocycles. The summed E-state index contributed by atoms with van der Waals surface area (Å²) in [7, 11) is 1.23. The molecule has 44 heavy (non-hydrogen) atoms. The summed E-state index contributed by atoms with van der Waals surface area (Å²) in [5.74, 6) is -2.37. The molecule has 1 heterocycles. The number of aromatic hydroxyl groups is 1. The Hall–Kier alpha value is -4.04. The third kappa shape index (κ3) is 10.0. The number of amides is 3. The Morgan fingerprint density at radius 1 is 0.886 bits per heavy atom. The molecule has 0 bridgehead atoms. The molecule has 240 valence electrons. The second-order valence-electron chi connectivity index (χ2n) is 11.3. The van der Waals surface area contributed by atoms with Gasteiger partial charge in [0, 0.05) is 6.42 Å². The maximum Gasteiger partial charge on any atom is 0.328 e. The highest BCUT2D eigenvalue weighted by molar-refractivity contribution is 5.91. The van der Waals surface area contributed by atoms with Gasteiger partial charge in [-0.15, -0.1) is 0 Å². The Labute approximate surface area is 256 Å². The topological polar surface area (TPSA) is 210 Å². The summed E-state index contributed by atoms with van der Waals surface area (Å²) in [6.45, 7) is 3.79. The van der Waals surface area contributed by atoms with Gasteiger partial charge >= 0.3 is 5.97 Å². The van der Waals surface area contributed by atoms with Gasteiger partial charge in [-0.25, -0.2) is 4.79 Å². The van der Waals surface area contributed by atoms with E-state index in [4.69, 9.17) is 15.2 Å². The number of nitrogens with one attached hydrogen (secondary N) is 3. The van der Waals surface area contributed by atoms with Crippen molar-refractivity contribution in [1.29, 1.82) is 0 Å². The van der Waals surface area contributed by atoms with Crippen molar-refractivity contribution in [2.24, 2.45) is 11.7 Å². The van der Waals surface area contributed by atoms with Crippen molar-refractivity contribution in [1.82, 2.24) is 16.0 Å². The number of esters is 1. The molecule has 0 radical (unpaired) electrons. The van der Waals surface area contributed by atoms with Gasteiger partial charge in [-0.05, 0) is 42.0 Å². The highest BCUT2D eigenvalue weighted by Gasteiger charge is 2.44. The van der Waals surface area contributed by atoms with Crippen LogP contribution in [0.2, 0.25) is 0 Å². The zero-order chi connectivity index (χ0) is 32.4. The molecule has 0 saturated carbocycles. The molecule has 1 aliphatic heterocycles. The van der Waals surface area contributed by atoms with Crippen LogP contribution in [0.5, 0.6) is 5.75 Å². The second kappa shape index (κ2) is 16.1. The number of carbonyl (C=O) groups excluding carboxylic acids is 4. The minimum atomic E-state index is -1.54. The third-order valence-corrected chi connectivity index (χ3v) is 7.21. The maximum atomic E-state index is 13.3. The van der Waals surface area contributed by atoms with Crippen LogP contribution in [0.3, 0.4) is 0 Å². The smallest absolute Gasteiger partial charge is 0.328 e. The maximum absolute atomic E-state index is 13.3. The largest absolute Gasteiger partial charge is 0.508 e. The van der Waals surface area contributed by atoms with E-state index in [9.17, 15) is 34.5 Å². The first-order valence-electron chi connectivity index (χ1n) is 14.4. The number of benzene rings is 2. The Kier molecular flexibility index (Phi) is 12.6. The van der Waals surface area contributed by atoms with Crippen molar-refractivity contribution in [3.05, 3.63) is 65.7 Å². The van der Waals surface area contributed by atoms with E-state index < -0.39 is 72.8 Å². The summed E-state index contributed by atoms with van der Waals surface area (Å²) in [5, 5.41) is 38.3. The van der Waals surface area contributed by atoms with Crippen molar-refractivity contribution < 1.29 is 44.0 Å². The van der Waals surface area contributed by atoms with E-state index in [-0.39, 0.29) is 24.5 Å². The fourth-order valence-electron chi connectivity index (χ4n) is 4.86. The van der Waals surface area contributed by atoms with Gasteiger partial charge in [0.1, 0.15) is 30.0 Å². The zero-order valence-corrected chi connectivity index (χ0v) is 25.0. The van der Waals surface area contributed by atoms with Crippen molar-refractivity contribution in [3.63, 3.8) is 0 Å². The average molecular weight is 615 g/mol. The van der Waals surface area contributed by atoms with Crippen LogP contribution < -0.4 is 21.7 Å². The molecule has 3 amide bonds. The van der Waals surface area contributed by atoms with E-state index >= 15 is 0 Å². The van der Waals surface area contributed by atoms with Gasteiger partial charge in [0.2, 0.25) is 17.7 Å². The molecular weight excluding hydrogens is 572 g/mol. The number of ether oxygens (including phenoxy) is 2. The average Bonchev–Trinajstić information content (AvgIpc) is 3.24. The van der Waals surface area contributed by atoms with Gasteiger partial charge in [0.05, 0.1) is 25.7 Å². The number of nitrogens with two attached hydrogens (primary N) is 1. The minimum Gasteiger partial charge on any atom is -0.508 e. The number of aliphatic hydroxyl groups is 2. The molecule has 13 heteroatoms. The summed E-state index contributed by atoms with van der Waals surface area (Å²) < 4.78 is 10.4. The van der Waals surface area contributed by atoms with Gasteiger partial charge in [-0.2, -0.15) is 0 Å². The molecule has 2 aromatic carbocycles. The Bertz CT molecular complexity index is 1260. The van der Waals surface area contributed by atoms with Crippen LogP contribution in [0.4, 0.5) is 0 Å². The zero-order valence-electron chi connectivity index (χ0n) is 25.0. The Balaban J connectivity index is 1.63. The van der Waals surface area contributed by atoms with E-state index in [2.05, 4.69) is 16.0 Å². The first-order chi connectivity index (χ1) is 20.9. The van der Waals surface area contributed by atoms with Gasteiger partial charge in [-0.3, -0.25) is 14.4 Å². The van der Waals surface area contributed by atoms with Crippen LogP contribution in [-0.4, -0.2) is 88.8 Å². The van der Waals surface area contributed by atoms with E-state index in [0.717, 1.165) is 5.56 Å². The lowest BCUT2D eigenvalue weighted by molar-refractivity contribution is -0.145. The number of methoxy groups -OCH3 is 1. The molecule has 0 aliphatic carbocycles. The standard InChI is InChI=1S/C31H42N4O9/c1-17(2)13-23(31(42)43-3)34-29(41)22(15-18-7-5-4-6-8-18)33-25(37)16-24-26(38)27(39)30(44-24)35-28(40)21(32)14-19-9-11-20(36)12-10-19/h4-12,17,21-24,26-27,30,36,38-39H,13-16,32H2,1-3H3,(H,33,37)(H,34,41)(H,35,40)/t21-,22-,23-,24-,26-,27-,30-/m0/s1. The second-order valence-corrected chi connectivity index (χ2v) is 11.3. The van der Waals surface area contributed by atoms with Gasteiger partial charge in [0.15, 0.2) is 6.23 Å². The number of rotatable bonds is 14. The molecule has 13 nitrogen and oxygen atoms in total. The van der Waals surface area contributed by atoms with Crippen molar-refractivity contribution >= 4 is 23.7 Å². The highest BCUT2D eigenvalue weighted by atomic mass is 16.6. The third-order valence-electron chi connectivity index (χ3n) is 7.21. The predicted octanol–water partition coefficient (Wildman–Crippen LogP) is -0.354. The van der Waals surface area contributed by atoms with E-state index in [0.29, 0.717) is 12.0 Å². The SMILES string of the molecule is COC(=O)[C@H](CC(C)C)NC(=O)[C@H](Cc1ccccc1)NC(=O)C[C@@H]1O[C@H](NC(=O)[C@@H](N)Cc2ccc(O)cc2)[C@@H](O)[C@H]1O. The molecule has 1 fully saturated rings. The minimum absolute atomic E-state index is 0.0712. The summed E-state index contributed by atoms with van der Waals surface area (Å²) >= 11 is 0. The van der Waals surface area contributed by atoms with Crippen LogP contribution in [0.1, 0.15) is 37.8 Å². The van der Waals surface area contributed by atoms with Crippen molar-refractivity contribution in [2.45, 2.75) is 82.2 Å². The van der Waals surface area contributed by atoms with E-state index in [1.807, 2.05) is 19.9 Å². The van der Waals surface area contributed by atoms with Crippen LogP contribution >= 0.6 is 0 Å². The van der Waals surface area contributed by atoms with Gasteiger partial charge in [-0.1, -0.05) is 56.3 Å². The Morgan fingerprint density at radius 2 is 1.52 bits per heavy atom. The number of aliphatic hydroxyl groups excluding tert-OH is 2. The molecule has 7 atom stereocenters. The molecule has 8 N–H and O–H groups in total. The number of carbonyl (C=O) groups is 4. The fraction of sp³-hybridized carbons (Fsp3) is 0.484. The van der Waals surface area contributed by atoms with Crippen molar-refractivity contribution in [3.8, 4) is 5.75 Å². The summed E-state index contributed by atoms with van der Waals surface area (Å²) in [6.07, 6.45) is -5.45. The lowest BCUT2D eigenvalue weighted by Crippen LogP contribution is -2.53. The lowest BCUT2D eigenvalue weighted by atomic mass is 10.0. The first kappa shape index (κ1) is 34.5. The van der Waals surface area contributed by atoms with Crippen LogP contribution in [-0.2, 0) is 41.5 Å². The summed E-state index contributed by atoms with van der Waals surface area (Å²) in [6, 6.07) is 12.1. The number of phenolic OH excluding ortho intramolecular Hbond substituents is 1. The van der Waals surface area contributed by atoms with Crippen LogP contribution in [0.25, 0.3) is 0 Å². The monoisotopic (exact) mass is 614 g/mol. The molecule has 0 aromatic heterocycles. The first-order valence-corrected chi connectivity index (χ1v) is 14.4. The fourth-order valence-corrected chi connectivity index (χ4v) is 4.86. The van der Waals surface area contributed by atoms with E-state index in [1.54, 1.807) is 36.4 Å². The highest BCUT2D eigenvalue weighted by Crippen LogP contribution is 2.23. The summed E-state index contributed by atoms with van der Waals surface area (Å²) in [4.78, 5) is 51.4. The molecular formula is C31H42N4O9. The number of hydrogen-bond acceptors (Lipinski definition) is 10. The molecule has 1 aliphatic rings. The molecule has 3 rings (SSSR count). The van der Waals surface area contributed by atoms with Crippen LogP contribution in [0.15, 0.2) is 54.6 Å².